The Labute approximate surface area is 114 Å². The predicted octanol–water partition coefficient (Wildman–Crippen LogP) is 1.97. The third kappa shape index (κ3) is 2.23. The fourth-order valence-electron chi connectivity index (χ4n) is 2.14. The first-order valence-corrected chi connectivity index (χ1v) is 6.18. The van der Waals surface area contributed by atoms with Crippen LogP contribution < -0.4 is 0 Å². The molecule has 2 heterocycles. The van der Waals surface area contributed by atoms with Crippen molar-refractivity contribution in [2.75, 3.05) is 0 Å². The van der Waals surface area contributed by atoms with E-state index in [1.807, 2.05) is 28.8 Å². The number of aliphatic carboxylic acids is 1. The van der Waals surface area contributed by atoms with Crippen LogP contribution in [0.2, 0.25) is 0 Å². The third-order valence-corrected chi connectivity index (χ3v) is 3.02. The molecule has 0 radical (unpaired) electrons. The van der Waals surface area contributed by atoms with Crippen molar-refractivity contribution in [1.29, 1.82) is 0 Å². The van der Waals surface area contributed by atoms with E-state index < -0.39 is 5.97 Å². The van der Waals surface area contributed by atoms with Gasteiger partial charge < -0.3 is 9.67 Å². The summed E-state index contributed by atoms with van der Waals surface area (Å²) in [5.74, 6) is -0.147. The van der Waals surface area contributed by atoms with Gasteiger partial charge in [0.05, 0.1) is 23.0 Å². The summed E-state index contributed by atoms with van der Waals surface area (Å²) in [5.41, 5.74) is 2.51. The lowest BCUT2D eigenvalue weighted by Gasteiger charge is -2.07. The van der Waals surface area contributed by atoms with Gasteiger partial charge in [-0.25, -0.2) is 15.0 Å². The molecule has 0 unspecified atom stereocenters. The van der Waals surface area contributed by atoms with Gasteiger partial charge in [-0.05, 0) is 12.1 Å². The maximum absolute atomic E-state index is 10.8. The molecule has 3 aromatic rings. The minimum Gasteiger partial charge on any atom is -0.481 e. The Balaban J connectivity index is 2.15. The van der Waals surface area contributed by atoms with Crippen molar-refractivity contribution in [3.63, 3.8) is 0 Å². The van der Waals surface area contributed by atoms with Crippen molar-refractivity contribution in [3.8, 4) is 11.4 Å². The van der Waals surface area contributed by atoms with Crippen LogP contribution in [0.25, 0.3) is 22.4 Å². The molecule has 0 spiro atoms. The van der Waals surface area contributed by atoms with Gasteiger partial charge in [0, 0.05) is 18.9 Å². The maximum atomic E-state index is 10.8. The number of aryl methyl sites for hydroxylation is 1. The lowest BCUT2D eigenvalue weighted by molar-refractivity contribution is -0.137. The summed E-state index contributed by atoms with van der Waals surface area (Å²) in [6, 6.07) is 7.64. The average Bonchev–Trinajstić information content (AvgIpc) is 2.84. The summed E-state index contributed by atoms with van der Waals surface area (Å²) in [4.78, 5) is 23.3. The molecule has 2 aromatic heterocycles. The van der Waals surface area contributed by atoms with Gasteiger partial charge in [0.15, 0.2) is 0 Å². The molecule has 1 N–H and O–H groups in total. The van der Waals surface area contributed by atoms with Crippen LogP contribution in [0.3, 0.4) is 0 Å². The first-order valence-electron chi connectivity index (χ1n) is 6.18. The number of fused-ring (bicyclic) bond motifs is 1. The highest BCUT2D eigenvalue weighted by Crippen LogP contribution is 2.23. The molecule has 20 heavy (non-hydrogen) atoms. The molecule has 0 atom stereocenters. The number of hydrogen-bond acceptors (Lipinski definition) is 4. The standard InChI is InChI=1S/C14H12N4O2/c19-13(20)5-6-18-12-4-2-1-3-11(12)17-14(18)10-7-15-9-16-8-10/h1-4,7-9H,5-6H2,(H,19,20). The lowest BCUT2D eigenvalue weighted by Crippen LogP contribution is -2.06. The summed E-state index contributed by atoms with van der Waals surface area (Å²) < 4.78 is 1.89. The Kier molecular flexibility index (Phi) is 3.12. The largest absolute Gasteiger partial charge is 0.481 e. The Hall–Kier alpha value is -2.76. The Morgan fingerprint density at radius 1 is 1.20 bits per heavy atom. The van der Waals surface area contributed by atoms with Gasteiger partial charge in [0.25, 0.3) is 0 Å². The molecule has 0 fully saturated rings. The quantitative estimate of drug-likeness (QED) is 0.782. The Morgan fingerprint density at radius 3 is 2.70 bits per heavy atom. The second-order valence-corrected chi connectivity index (χ2v) is 4.35. The summed E-state index contributed by atoms with van der Waals surface area (Å²) in [7, 11) is 0. The SMILES string of the molecule is O=C(O)CCn1c(-c2cncnc2)nc2ccccc21. The molecule has 3 rings (SSSR count). The molecule has 6 nitrogen and oxygen atoms in total. The van der Waals surface area contributed by atoms with Gasteiger partial charge in [-0.3, -0.25) is 4.79 Å². The minimum atomic E-state index is -0.835. The molecule has 0 aliphatic carbocycles. The Morgan fingerprint density at radius 2 is 1.95 bits per heavy atom. The van der Waals surface area contributed by atoms with Crippen LogP contribution in [0, 0.1) is 0 Å². The minimum absolute atomic E-state index is 0.0427. The number of hydrogen-bond donors (Lipinski definition) is 1. The average molecular weight is 268 g/mol. The molecule has 0 saturated carbocycles. The van der Waals surface area contributed by atoms with Crippen molar-refractivity contribution in [3.05, 3.63) is 43.0 Å². The highest BCUT2D eigenvalue weighted by Gasteiger charge is 2.13. The van der Waals surface area contributed by atoms with Gasteiger partial charge in [-0.1, -0.05) is 12.1 Å². The highest BCUT2D eigenvalue weighted by atomic mass is 16.4. The summed E-state index contributed by atoms with van der Waals surface area (Å²) in [5, 5.41) is 8.89. The molecule has 0 bridgehead atoms. The lowest BCUT2D eigenvalue weighted by atomic mass is 10.3. The number of para-hydroxylation sites is 2. The van der Waals surface area contributed by atoms with Crippen LogP contribution in [0.15, 0.2) is 43.0 Å². The van der Waals surface area contributed by atoms with Gasteiger partial charge in [0.1, 0.15) is 12.2 Å². The first kappa shape index (κ1) is 12.3. The second kappa shape index (κ2) is 5.08. The first-order chi connectivity index (χ1) is 9.75. The monoisotopic (exact) mass is 268 g/mol. The number of nitrogens with zero attached hydrogens (tertiary/aromatic N) is 4. The van der Waals surface area contributed by atoms with E-state index in [-0.39, 0.29) is 6.42 Å². The molecular weight excluding hydrogens is 256 g/mol. The molecule has 0 aliphatic heterocycles. The third-order valence-electron chi connectivity index (χ3n) is 3.02. The Bertz CT molecular complexity index is 752. The zero-order chi connectivity index (χ0) is 13.9. The van der Waals surface area contributed by atoms with E-state index in [0.29, 0.717) is 12.4 Å². The number of aromatic nitrogens is 4. The van der Waals surface area contributed by atoms with E-state index in [1.54, 1.807) is 12.4 Å². The summed E-state index contributed by atoms with van der Waals surface area (Å²) in [6.07, 6.45) is 4.84. The van der Waals surface area contributed by atoms with Crippen LogP contribution in [-0.2, 0) is 11.3 Å². The molecule has 0 amide bonds. The molecule has 0 aliphatic rings. The van der Waals surface area contributed by atoms with Crippen molar-refractivity contribution in [1.82, 2.24) is 19.5 Å². The van der Waals surface area contributed by atoms with Crippen molar-refractivity contribution in [2.24, 2.45) is 0 Å². The maximum Gasteiger partial charge on any atom is 0.305 e. The smallest absolute Gasteiger partial charge is 0.305 e. The van der Waals surface area contributed by atoms with E-state index in [2.05, 4.69) is 15.0 Å². The van der Waals surface area contributed by atoms with Gasteiger partial charge >= 0.3 is 5.97 Å². The van der Waals surface area contributed by atoms with Gasteiger partial charge in [0.2, 0.25) is 0 Å². The van der Waals surface area contributed by atoms with Crippen molar-refractivity contribution < 1.29 is 9.90 Å². The van der Waals surface area contributed by atoms with Gasteiger partial charge in [-0.15, -0.1) is 0 Å². The van der Waals surface area contributed by atoms with Crippen molar-refractivity contribution in [2.45, 2.75) is 13.0 Å². The number of benzene rings is 1. The molecule has 6 heteroatoms. The van der Waals surface area contributed by atoms with E-state index in [9.17, 15) is 4.79 Å². The number of rotatable bonds is 4. The van der Waals surface area contributed by atoms with Crippen LogP contribution in [0.5, 0.6) is 0 Å². The van der Waals surface area contributed by atoms with E-state index in [4.69, 9.17) is 5.11 Å². The predicted molar refractivity (Wildman–Crippen MR) is 73.0 cm³/mol. The molecule has 100 valence electrons. The number of carboxylic acids is 1. The van der Waals surface area contributed by atoms with Gasteiger partial charge in [-0.2, -0.15) is 0 Å². The summed E-state index contributed by atoms with van der Waals surface area (Å²) >= 11 is 0. The highest BCUT2D eigenvalue weighted by molar-refractivity contribution is 5.80. The van der Waals surface area contributed by atoms with E-state index in [0.717, 1.165) is 16.6 Å². The molecule has 1 aromatic carbocycles. The topological polar surface area (TPSA) is 80.9 Å². The molecule has 0 saturated heterocycles. The fourth-order valence-corrected chi connectivity index (χ4v) is 2.14. The second-order valence-electron chi connectivity index (χ2n) is 4.35. The fraction of sp³-hybridized carbons (Fsp3) is 0.143. The van der Waals surface area contributed by atoms with Crippen LogP contribution >= 0.6 is 0 Å². The van der Waals surface area contributed by atoms with E-state index >= 15 is 0 Å². The van der Waals surface area contributed by atoms with Crippen LogP contribution in [0.4, 0.5) is 0 Å². The normalized spacial score (nSPS) is 10.8. The summed E-state index contributed by atoms with van der Waals surface area (Å²) in [6.45, 7) is 0.361. The van der Waals surface area contributed by atoms with Crippen LogP contribution in [0.1, 0.15) is 6.42 Å². The number of carboxylic acid groups (broad SMARTS) is 1. The number of carbonyl (C=O) groups is 1. The van der Waals surface area contributed by atoms with Crippen LogP contribution in [-0.4, -0.2) is 30.6 Å². The van der Waals surface area contributed by atoms with Crippen molar-refractivity contribution >= 4 is 17.0 Å². The number of imidazole rings is 1. The van der Waals surface area contributed by atoms with E-state index in [1.165, 1.54) is 6.33 Å². The molecular formula is C14H12N4O2. The zero-order valence-corrected chi connectivity index (χ0v) is 10.6. The zero-order valence-electron chi connectivity index (χ0n) is 10.6.